The van der Waals surface area contributed by atoms with Crippen LogP contribution in [0, 0.1) is 6.92 Å². The number of carbonyl (C=O) groups is 2. The Balaban J connectivity index is 1.58. The summed E-state index contributed by atoms with van der Waals surface area (Å²) in [5.41, 5.74) is 2.38. The lowest BCUT2D eigenvalue weighted by Gasteiger charge is -2.08. The molecule has 0 aliphatic carbocycles. The van der Waals surface area contributed by atoms with E-state index >= 15 is 0 Å². The van der Waals surface area contributed by atoms with Crippen molar-refractivity contribution in [1.82, 2.24) is 14.8 Å². The molecule has 1 N–H and O–H groups in total. The number of Topliss-reactive ketones (excluding diaryl/α,β-unsaturated/α-hetero) is 1. The fourth-order valence-corrected chi connectivity index (χ4v) is 3.49. The number of ketones is 1. The van der Waals surface area contributed by atoms with Gasteiger partial charge in [0.25, 0.3) is 0 Å². The topological polar surface area (TPSA) is 86.1 Å². The first-order valence-electron chi connectivity index (χ1n) is 9.01. The third-order valence-electron chi connectivity index (χ3n) is 4.41. The van der Waals surface area contributed by atoms with Crippen molar-refractivity contribution < 1.29 is 14.3 Å². The lowest BCUT2D eigenvalue weighted by molar-refractivity contribution is -0.115. The van der Waals surface area contributed by atoms with E-state index in [1.165, 1.54) is 11.8 Å². The molecule has 150 valence electrons. The Hall–Kier alpha value is -3.13. The van der Waals surface area contributed by atoms with Gasteiger partial charge in [-0.3, -0.25) is 9.59 Å². The number of amides is 1. The molecule has 0 saturated heterocycles. The maximum atomic E-state index is 12.4. The Morgan fingerprint density at radius 3 is 2.52 bits per heavy atom. The molecule has 7 nitrogen and oxygen atoms in total. The molecule has 0 unspecified atom stereocenters. The lowest BCUT2D eigenvalue weighted by atomic mass is 10.1. The van der Waals surface area contributed by atoms with E-state index in [1.807, 2.05) is 31.2 Å². The Kier molecular flexibility index (Phi) is 6.66. The summed E-state index contributed by atoms with van der Waals surface area (Å²) in [7, 11) is 3.37. The summed E-state index contributed by atoms with van der Waals surface area (Å²) in [4.78, 5) is 24.7. The number of para-hydroxylation sites is 1. The fraction of sp³-hybridized carbons (Fsp3) is 0.238. The zero-order valence-corrected chi connectivity index (χ0v) is 17.3. The highest BCUT2D eigenvalue weighted by Crippen LogP contribution is 2.19. The molecular formula is C21H22N4O3S. The van der Waals surface area contributed by atoms with Crippen LogP contribution in [0.1, 0.15) is 21.7 Å². The van der Waals surface area contributed by atoms with Gasteiger partial charge >= 0.3 is 0 Å². The summed E-state index contributed by atoms with van der Waals surface area (Å²) in [5.74, 6) is 1.29. The zero-order valence-electron chi connectivity index (χ0n) is 16.5. The molecule has 1 amide bonds. The number of thioether (sulfide) groups is 1. The van der Waals surface area contributed by atoms with E-state index in [4.69, 9.17) is 4.74 Å². The van der Waals surface area contributed by atoms with Crippen molar-refractivity contribution >= 4 is 29.1 Å². The number of benzene rings is 2. The first-order valence-corrected chi connectivity index (χ1v) is 10.0. The maximum Gasteiger partial charge on any atom is 0.232 e. The number of hydrogen-bond acceptors (Lipinski definition) is 6. The molecule has 0 saturated carbocycles. The Morgan fingerprint density at radius 2 is 1.83 bits per heavy atom. The normalized spacial score (nSPS) is 10.6. The van der Waals surface area contributed by atoms with Gasteiger partial charge in [0, 0.05) is 18.3 Å². The lowest BCUT2D eigenvalue weighted by Crippen LogP contribution is -2.17. The summed E-state index contributed by atoms with van der Waals surface area (Å²) in [6.45, 7) is 1.94. The number of rotatable bonds is 8. The monoisotopic (exact) mass is 410 g/mol. The van der Waals surface area contributed by atoms with Crippen molar-refractivity contribution in [3.63, 3.8) is 0 Å². The van der Waals surface area contributed by atoms with Crippen molar-refractivity contribution in [3.8, 4) is 5.75 Å². The van der Waals surface area contributed by atoms with Crippen LogP contribution < -0.4 is 10.1 Å². The second-order valence-electron chi connectivity index (χ2n) is 6.44. The number of nitrogens with one attached hydrogen (secondary N) is 1. The van der Waals surface area contributed by atoms with Crippen molar-refractivity contribution in [2.45, 2.75) is 18.5 Å². The molecule has 29 heavy (non-hydrogen) atoms. The SMILES string of the molecule is COc1ccc(C(=O)CSc2nnc(CC(=O)Nc3ccccc3C)n2C)cc1. The van der Waals surface area contributed by atoms with E-state index in [-0.39, 0.29) is 23.9 Å². The van der Waals surface area contributed by atoms with Crippen LogP contribution in [0.15, 0.2) is 53.7 Å². The van der Waals surface area contributed by atoms with Crippen molar-refractivity contribution in [2.75, 3.05) is 18.2 Å². The van der Waals surface area contributed by atoms with E-state index in [2.05, 4.69) is 15.5 Å². The standard InChI is InChI=1S/C21H22N4O3S/c1-14-6-4-5-7-17(14)22-20(27)12-19-23-24-21(25(19)2)29-13-18(26)15-8-10-16(28-3)11-9-15/h4-11H,12-13H2,1-3H3,(H,22,27). The quantitative estimate of drug-likeness (QED) is 0.453. The first kappa shape index (κ1) is 20.6. The molecule has 2 aromatic carbocycles. The van der Waals surface area contributed by atoms with E-state index < -0.39 is 0 Å². The van der Waals surface area contributed by atoms with Crippen molar-refractivity contribution in [3.05, 3.63) is 65.5 Å². The van der Waals surface area contributed by atoms with Gasteiger partial charge in [-0.05, 0) is 42.8 Å². The van der Waals surface area contributed by atoms with Gasteiger partial charge in [0.1, 0.15) is 11.6 Å². The predicted molar refractivity (Wildman–Crippen MR) is 113 cm³/mol. The number of methoxy groups -OCH3 is 1. The molecule has 1 heterocycles. The molecule has 8 heteroatoms. The summed E-state index contributed by atoms with van der Waals surface area (Å²) >= 11 is 1.29. The molecule has 0 spiro atoms. The van der Waals surface area contributed by atoms with E-state index in [0.29, 0.717) is 22.3 Å². The average Bonchev–Trinajstić information content (AvgIpc) is 3.07. The van der Waals surface area contributed by atoms with Crippen LogP contribution in [0.4, 0.5) is 5.69 Å². The minimum Gasteiger partial charge on any atom is -0.497 e. The van der Waals surface area contributed by atoms with Gasteiger partial charge in [-0.2, -0.15) is 0 Å². The molecule has 0 aliphatic rings. The number of nitrogens with zero attached hydrogens (tertiary/aromatic N) is 3. The summed E-state index contributed by atoms with van der Waals surface area (Å²) in [6.07, 6.45) is 0.102. The Morgan fingerprint density at radius 1 is 1.10 bits per heavy atom. The van der Waals surface area contributed by atoms with Gasteiger partial charge in [0.15, 0.2) is 10.9 Å². The third kappa shape index (κ3) is 5.23. The van der Waals surface area contributed by atoms with Crippen molar-refractivity contribution in [2.24, 2.45) is 7.05 Å². The molecule has 0 atom stereocenters. The Labute approximate surface area is 173 Å². The van der Waals surface area contributed by atoms with Gasteiger partial charge in [0.05, 0.1) is 19.3 Å². The van der Waals surface area contributed by atoms with Crippen LogP contribution in [0.5, 0.6) is 5.75 Å². The molecular weight excluding hydrogens is 388 g/mol. The number of carbonyl (C=O) groups excluding carboxylic acids is 2. The molecule has 3 aromatic rings. The minimum atomic E-state index is -0.166. The van der Waals surface area contributed by atoms with E-state index in [0.717, 1.165) is 11.3 Å². The van der Waals surface area contributed by atoms with Crippen LogP contribution in [0.3, 0.4) is 0 Å². The average molecular weight is 410 g/mol. The molecule has 0 bridgehead atoms. The van der Waals surface area contributed by atoms with E-state index in [9.17, 15) is 9.59 Å². The smallest absolute Gasteiger partial charge is 0.232 e. The molecule has 1 aromatic heterocycles. The summed E-state index contributed by atoms with van der Waals surface area (Å²) in [6, 6.07) is 14.6. The van der Waals surface area contributed by atoms with Gasteiger partial charge in [-0.25, -0.2) is 0 Å². The van der Waals surface area contributed by atoms with Gasteiger partial charge in [-0.1, -0.05) is 30.0 Å². The fourth-order valence-electron chi connectivity index (χ4n) is 2.67. The van der Waals surface area contributed by atoms with Crippen LogP contribution in [0.2, 0.25) is 0 Å². The minimum absolute atomic E-state index is 0.0144. The predicted octanol–water partition coefficient (Wildman–Crippen LogP) is 3.29. The first-order chi connectivity index (χ1) is 14.0. The maximum absolute atomic E-state index is 12.4. The Bertz CT molecular complexity index is 1020. The number of anilines is 1. The molecule has 0 radical (unpaired) electrons. The highest BCUT2D eigenvalue weighted by atomic mass is 32.2. The van der Waals surface area contributed by atoms with Gasteiger partial charge in [-0.15, -0.1) is 10.2 Å². The van der Waals surface area contributed by atoms with Gasteiger partial charge < -0.3 is 14.6 Å². The highest BCUT2D eigenvalue weighted by molar-refractivity contribution is 7.99. The zero-order chi connectivity index (χ0) is 20.8. The molecule has 0 aliphatic heterocycles. The number of ether oxygens (including phenoxy) is 1. The third-order valence-corrected chi connectivity index (χ3v) is 5.43. The van der Waals surface area contributed by atoms with Crippen molar-refractivity contribution in [1.29, 1.82) is 0 Å². The summed E-state index contributed by atoms with van der Waals surface area (Å²) < 4.78 is 6.84. The second-order valence-corrected chi connectivity index (χ2v) is 7.38. The highest BCUT2D eigenvalue weighted by Gasteiger charge is 2.15. The van der Waals surface area contributed by atoms with Crippen LogP contribution in [0.25, 0.3) is 0 Å². The summed E-state index contributed by atoms with van der Waals surface area (Å²) in [5, 5.41) is 11.7. The number of aryl methyl sites for hydroxylation is 1. The largest absolute Gasteiger partial charge is 0.497 e. The van der Waals surface area contributed by atoms with Crippen LogP contribution in [-0.4, -0.2) is 39.3 Å². The van der Waals surface area contributed by atoms with E-state index in [1.54, 1.807) is 43.0 Å². The number of hydrogen-bond donors (Lipinski definition) is 1. The van der Waals surface area contributed by atoms with Gasteiger partial charge in [0.2, 0.25) is 5.91 Å². The molecule has 0 fully saturated rings. The molecule has 3 rings (SSSR count). The second kappa shape index (κ2) is 9.38. The van der Waals surface area contributed by atoms with Crippen LogP contribution >= 0.6 is 11.8 Å². The number of aromatic nitrogens is 3. The van der Waals surface area contributed by atoms with Crippen LogP contribution in [-0.2, 0) is 18.3 Å².